The van der Waals surface area contributed by atoms with E-state index in [-0.39, 0.29) is 0 Å². The maximum atomic E-state index is 8.62. The van der Waals surface area contributed by atoms with Gasteiger partial charge in [0, 0.05) is 0 Å². The Hall–Kier alpha value is -2.55. The first-order valence-corrected chi connectivity index (χ1v) is 6.59. The molecular formula is C17H15NO2. The summed E-state index contributed by atoms with van der Waals surface area (Å²) < 4.78 is 5.83. The minimum atomic E-state index is 0.813. The van der Waals surface area contributed by atoms with Crippen molar-refractivity contribution >= 4 is 12.3 Å². The molecule has 100 valence electrons. The number of para-hydroxylation sites is 1. The van der Waals surface area contributed by atoms with Crippen LogP contribution < -0.4 is 4.74 Å². The molecule has 1 aliphatic rings. The zero-order valence-corrected chi connectivity index (χ0v) is 11.0. The topological polar surface area (TPSA) is 41.8 Å². The molecule has 0 aliphatic heterocycles. The zero-order chi connectivity index (χ0) is 13.8. The molecule has 20 heavy (non-hydrogen) atoms. The highest BCUT2D eigenvalue weighted by Crippen LogP contribution is 2.29. The van der Waals surface area contributed by atoms with Crippen LogP contribution >= 0.6 is 0 Å². The highest BCUT2D eigenvalue weighted by Gasteiger charge is 2.10. The molecule has 0 bridgehead atoms. The lowest BCUT2D eigenvalue weighted by molar-refractivity contribution is 0.321. The first-order valence-electron chi connectivity index (χ1n) is 6.59. The summed E-state index contributed by atoms with van der Waals surface area (Å²) in [6.45, 7) is 0. The van der Waals surface area contributed by atoms with Crippen molar-refractivity contribution in [1.29, 1.82) is 0 Å². The molecule has 0 radical (unpaired) electrons. The molecule has 1 N–H and O–H groups in total. The minimum absolute atomic E-state index is 0.813. The van der Waals surface area contributed by atoms with Crippen molar-refractivity contribution < 1.29 is 9.94 Å². The summed E-state index contributed by atoms with van der Waals surface area (Å²) in [5.41, 5.74) is 3.44. The molecule has 0 unspecified atom stereocenters. The molecule has 0 aromatic heterocycles. The van der Waals surface area contributed by atoms with E-state index in [9.17, 15) is 0 Å². The average molecular weight is 265 g/mol. The van der Waals surface area contributed by atoms with Gasteiger partial charge in [-0.05, 0) is 59.9 Å². The van der Waals surface area contributed by atoms with Gasteiger partial charge >= 0.3 is 0 Å². The van der Waals surface area contributed by atoms with E-state index in [1.807, 2.05) is 48.5 Å². The van der Waals surface area contributed by atoms with Crippen LogP contribution in [0.5, 0.6) is 11.5 Å². The van der Waals surface area contributed by atoms with Crippen LogP contribution in [0.3, 0.4) is 0 Å². The predicted molar refractivity (Wildman–Crippen MR) is 79.5 cm³/mol. The third-order valence-corrected chi connectivity index (χ3v) is 3.34. The van der Waals surface area contributed by atoms with Gasteiger partial charge < -0.3 is 9.94 Å². The Morgan fingerprint density at radius 1 is 1.00 bits per heavy atom. The van der Waals surface area contributed by atoms with Gasteiger partial charge in [-0.1, -0.05) is 29.4 Å². The van der Waals surface area contributed by atoms with E-state index in [2.05, 4.69) is 11.2 Å². The summed E-state index contributed by atoms with van der Waals surface area (Å²) in [5.74, 6) is 1.64. The first kappa shape index (κ1) is 12.5. The monoisotopic (exact) mass is 265 g/mol. The fraction of sp³-hybridized carbons (Fsp3) is 0.118. The summed E-state index contributed by atoms with van der Waals surface area (Å²) in [4.78, 5) is 0. The fourth-order valence-corrected chi connectivity index (χ4v) is 2.35. The number of rotatable bonds is 3. The van der Waals surface area contributed by atoms with Crippen LogP contribution in [0.15, 0.2) is 59.3 Å². The molecule has 2 aromatic carbocycles. The normalized spacial score (nSPS) is 13.9. The van der Waals surface area contributed by atoms with Gasteiger partial charge in [0.1, 0.15) is 11.5 Å². The number of oxime groups is 1. The largest absolute Gasteiger partial charge is 0.457 e. The van der Waals surface area contributed by atoms with Gasteiger partial charge in [0.2, 0.25) is 0 Å². The summed E-state index contributed by atoms with van der Waals surface area (Å²) >= 11 is 0. The Bertz CT molecular complexity index is 660. The Kier molecular flexibility index (Phi) is 3.50. The average Bonchev–Trinajstić information content (AvgIpc) is 2.48. The molecular weight excluding hydrogens is 250 g/mol. The standard InChI is InChI=1S/C17H15NO2/c19-18-12-13-6-7-14-8-9-17(11-15(14)10-13)20-16-4-2-1-3-5-16/h1-5,8-12,19H,6-7H2. The van der Waals surface area contributed by atoms with Gasteiger partial charge in [-0.3, -0.25) is 0 Å². The number of hydrogen-bond donors (Lipinski definition) is 1. The van der Waals surface area contributed by atoms with Crippen LogP contribution in [-0.2, 0) is 6.42 Å². The van der Waals surface area contributed by atoms with Crippen LogP contribution in [0.25, 0.3) is 6.08 Å². The van der Waals surface area contributed by atoms with Crippen LogP contribution in [0.1, 0.15) is 17.5 Å². The smallest absolute Gasteiger partial charge is 0.128 e. The molecule has 0 amide bonds. The van der Waals surface area contributed by atoms with Gasteiger partial charge in [-0.25, -0.2) is 0 Å². The fourth-order valence-electron chi connectivity index (χ4n) is 2.35. The molecule has 0 saturated heterocycles. The second-order valence-corrected chi connectivity index (χ2v) is 4.74. The lowest BCUT2D eigenvalue weighted by Crippen LogP contribution is -2.00. The van der Waals surface area contributed by atoms with Crippen molar-refractivity contribution in [3.8, 4) is 11.5 Å². The molecule has 0 atom stereocenters. The van der Waals surface area contributed by atoms with Crippen LogP contribution in [-0.4, -0.2) is 11.4 Å². The van der Waals surface area contributed by atoms with E-state index in [1.165, 1.54) is 11.8 Å². The number of aryl methyl sites for hydroxylation is 1. The second kappa shape index (κ2) is 5.61. The molecule has 0 heterocycles. The highest BCUT2D eigenvalue weighted by atomic mass is 16.5. The van der Waals surface area contributed by atoms with E-state index in [0.717, 1.165) is 35.5 Å². The second-order valence-electron chi connectivity index (χ2n) is 4.74. The van der Waals surface area contributed by atoms with E-state index < -0.39 is 0 Å². The Morgan fingerprint density at radius 3 is 2.65 bits per heavy atom. The SMILES string of the molecule is ON=CC1=Cc2cc(Oc3ccccc3)ccc2CC1. The number of nitrogens with zero attached hydrogens (tertiary/aromatic N) is 1. The quantitative estimate of drug-likeness (QED) is 0.511. The van der Waals surface area contributed by atoms with Gasteiger partial charge in [0.15, 0.2) is 0 Å². The highest BCUT2D eigenvalue weighted by molar-refractivity contribution is 5.86. The van der Waals surface area contributed by atoms with Crippen molar-refractivity contribution in [3.05, 3.63) is 65.2 Å². The number of allylic oxidation sites excluding steroid dienone is 1. The third-order valence-electron chi connectivity index (χ3n) is 3.34. The maximum Gasteiger partial charge on any atom is 0.128 e. The molecule has 2 aromatic rings. The first-order chi connectivity index (χ1) is 9.85. The van der Waals surface area contributed by atoms with Gasteiger partial charge in [0.05, 0.1) is 6.21 Å². The summed E-state index contributed by atoms with van der Waals surface area (Å²) in [7, 11) is 0. The molecule has 0 saturated carbocycles. The molecule has 1 aliphatic carbocycles. The zero-order valence-electron chi connectivity index (χ0n) is 11.0. The van der Waals surface area contributed by atoms with Gasteiger partial charge in [-0.15, -0.1) is 0 Å². The van der Waals surface area contributed by atoms with Crippen LogP contribution in [0.4, 0.5) is 0 Å². The summed E-state index contributed by atoms with van der Waals surface area (Å²) in [6, 6.07) is 15.8. The minimum Gasteiger partial charge on any atom is -0.457 e. The van der Waals surface area contributed by atoms with E-state index in [4.69, 9.17) is 9.94 Å². The van der Waals surface area contributed by atoms with E-state index >= 15 is 0 Å². The molecule has 3 heteroatoms. The number of benzene rings is 2. The van der Waals surface area contributed by atoms with Crippen molar-refractivity contribution in [2.24, 2.45) is 5.16 Å². The lowest BCUT2D eigenvalue weighted by atomic mass is 9.92. The Balaban J connectivity index is 1.88. The third kappa shape index (κ3) is 2.72. The number of fused-ring (bicyclic) bond motifs is 1. The predicted octanol–water partition coefficient (Wildman–Crippen LogP) is 4.27. The van der Waals surface area contributed by atoms with E-state index in [0.29, 0.717) is 0 Å². The number of ether oxygens (including phenoxy) is 1. The van der Waals surface area contributed by atoms with Gasteiger partial charge in [-0.2, -0.15) is 0 Å². The Morgan fingerprint density at radius 2 is 1.85 bits per heavy atom. The van der Waals surface area contributed by atoms with Crippen molar-refractivity contribution in [1.82, 2.24) is 0 Å². The lowest BCUT2D eigenvalue weighted by Gasteiger charge is -2.15. The summed E-state index contributed by atoms with van der Waals surface area (Å²) in [6.07, 6.45) is 5.39. The summed E-state index contributed by atoms with van der Waals surface area (Å²) in [5, 5.41) is 11.7. The number of hydrogen-bond acceptors (Lipinski definition) is 3. The van der Waals surface area contributed by atoms with Crippen LogP contribution in [0, 0.1) is 0 Å². The molecule has 3 nitrogen and oxygen atoms in total. The molecule has 3 rings (SSSR count). The molecule has 0 spiro atoms. The van der Waals surface area contributed by atoms with Gasteiger partial charge in [0.25, 0.3) is 0 Å². The molecule has 0 fully saturated rings. The van der Waals surface area contributed by atoms with Crippen LogP contribution in [0.2, 0.25) is 0 Å². The Labute approximate surface area is 117 Å². The van der Waals surface area contributed by atoms with Crippen molar-refractivity contribution in [2.45, 2.75) is 12.8 Å². The van der Waals surface area contributed by atoms with Crippen molar-refractivity contribution in [3.63, 3.8) is 0 Å². The van der Waals surface area contributed by atoms with Crippen molar-refractivity contribution in [2.75, 3.05) is 0 Å². The maximum absolute atomic E-state index is 8.62. The van der Waals surface area contributed by atoms with E-state index in [1.54, 1.807) is 0 Å².